The van der Waals surface area contributed by atoms with Crippen molar-refractivity contribution in [1.29, 1.82) is 0 Å². The molecule has 10 N–H and O–H groups in total. The van der Waals surface area contributed by atoms with Crippen molar-refractivity contribution in [3.63, 3.8) is 0 Å². The first kappa shape index (κ1) is 77.0. The van der Waals surface area contributed by atoms with Gasteiger partial charge < -0.3 is 60.8 Å². The van der Waals surface area contributed by atoms with Crippen molar-refractivity contribution in [3.05, 3.63) is 0 Å². The lowest BCUT2D eigenvalue weighted by atomic mass is 9.89. The summed E-state index contributed by atoms with van der Waals surface area (Å²) in [5, 5.41) is 63.6. The second kappa shape index (κ2) is 49.5. The quantitative estimate of drug-likeness (QED) is 0.0279. The third-order valence-electron chi connectivity index (χ3n) is 13.6. The molecule has 0 aliphatic carbocycles. The molecule has 0 radical (unpaired) electrons. The molecule has 83 heavy (non-hydrogen) atoms. The van der Waals surface area contributed by atoms with Gasteiger partial charge in [-0.15, -0.1) is 0 Å². The number of carbonyl (C=O) groups excluding carboxylic acids is 7. The van der Waals surface area contributed by atoms with Crippen LogP contribution < -0.4 is 21.4 Å². The fourth-order valence-corrected chi connectivity index (χ4v) is 8.51. The van der Waals surface area contributed by atoms with Crippen molar-refractivity contribution in [2.75, 3.05) is 52.8 Å². The van der Waals surface area contributed by atoms with Gasteiger partial charge in [0.05, 0.1) is 44.4 Å². The Morgan fingerprint density at radius 2 is 0.940 bits per heavy atom. The van der Waals surface area contributed by atoms with E-state index in [-0.39, 0.29) is 123 Å². The van der Waals surface area contributed by atoms with Gasteiger partial charge in [-0.25, -0.2) is 15.1 Å². The van der Waals surface area contributed by atoms with Crippen LogP contribution in [0.4, 0.5) is 0 Å². The van der Waals surface area contributed by atoms with Gasteiger partial charge in [0.15, 0.2) is 5.78 Å². The molecule has 0 bridgehead atoms. The molecule has 0 aliphatic heterocycles. The summed E-state index contributed by atoms with van der Waals surface area (Å²) in [5.41, 5.74) is 2.18. The van der Waals surface area contributed by atoms with Crippen LogP contribution >= 0.6 is 0 Å². The van der Waals surface area contributed by atoms with Gasteiger partial charge in [-0.2, -0.15) is 0 Å². The molecule has 0 heterocycles. The Hall–Kier alpha value is -5.96. The predicted molar refractivity (Wildman–Crippen MR) is 300 cm³/mol. The standard InChI is InChI=1S/C57H96N4O22.H2/c1-40(48(65)37-45(41(2)62)55(74)75)20-17-18-30-58-49(66)28-24-42(54(72)73)36-43(63)25-26-46(56(76)77)60-52(69)39-82-33-32-80-31-19-21-44(64)38-81-34-35-83-61-51(68)29-27-47(57(78)79)59-50(67)22-15-13-11-9-7-5-3-4-6-8-10-12-14-16-23-53(70)71;/h40-42,45-47,62H,3-39H2,1-2H3,(H,58,66)(H,59,67)(H,60,69)(H,61,68)(H,70,71)(H,72,73)(H,74,75)(H,76,77)(H,78,79);1H/t40-,41+,42+,45-,46-,47-;/m0./s1. The van der Waals surface area contributed by atoms with E-state index in [9.17, 15) is 83.1 Å². The molecule has 26 heteroatoms. The Kier molecular flexibility index (Phi) is 45.9. The minimum absolute atomic E-state index is 0. The van der Waals surface area contributed by atoms with E-state index in [0.717, 1.165) is 51.4 Å². The summed E-state index contributed by atoms with van der Waals surface area (Å²) in [4.78, 5) is 149. The summed E-state index contributed by atoms with van der Waals surface area (Å²) in [7, 11) is 0. The van der Waals surface area contributed by atoms with Gasteiger partial charge in [0.25, 0.3) is 0 Å². The second-order valence-corrected chi connectivity index (χ2v) is 21.0. The number of carbonyl (C=O) groups is 12. The molecule has 0 aromatic heterocycles. The van der Waals surface area contributed by atoms with Crippen molar-refractivity contribution < 1.29 is 109 Å². The first-order valence-electron chi connectivity index (χ1n) is 29.4. The number of carboxylic acids is 5. The SMILES string of the molecule is C[C@@H](CCCCNC(=O)CC[C@H](CC(=O)CC[C@H](NC(=O)COCCOCCCC(=O)COCCONC(=O)CC[C@H](NC(=O)CCCCCCCCCCCCCCCCC(=O)O)C(=O)O)C(=O)O)C(=O)O)C(=O)C[C@H](C(=O)O)[C@@H](C)O.[HH]. The Balaban J connectivity index is 0. The molecule has 0 rings (SSSR count). The number of nitrogens with one attached hydrogen (secondary N) is 4. The van der Waals surface area contributed by atoms with E-state index in [0.29, 0.717) is 32.1 Å². The number of Topliss-reactive ketones (excluding diaryl/α,β-unsaturated/α-hetero) is 3. The van der Waals surface area contributed by atoms with Crippen LogP contribution in [0, 0.1) is 17.8 Å². The molecule has 4 amide bonds. The highest BCUT2D eigenvalue weighted by Gasteiger charge is 2.29. The van der Waals surface area contributed by atoms with E-state index >= 15 is 0 Å². The summed E-state index contributed by atoms with van der Waals surface area (Å²) in [6.45, 7) is 2.52. The molecule has 0 spiro atoms. The number of aliphatic hydroxyl groups excluding tert-OH is 1. The maximum Gasteiger partial charge on any atom is 0.326 e. The lowest BCUT2D eigenvalue weighted by Gasteiger charge is -2.17. The van der Waals surface area contributed by atoms with Crippen LogP contribution in [0.15, 0.2) is 0 Å². The minimum Gasteiger partial charge on any atom is -0.481 e. The fraction of sp³-hybridized carbons (Fsp3) is 0.789. The molecule has 6 atom stereocenters. The van der Waals surface area contributed by atoms with Crippen LogP contribution in [0.2, 0.25) is 0 Å². The van der Waals surface area contributed by atoms with E-state index < -0.39 is 108 Å². The lowest BCUT2D eigenvalue weighted by molar-refractivity contribution is -0.148. The van der Waals surface area contributed by atoms with Crippen molar-refractivity contribution in [2.24, 2.45) is 17.8 Å². The van der Waals surface area contributed by atoms with E-state index in [4.69, 9.17) is 24.2 Å². The summed E-state index contributed by atoms with van der Waals surface area (Å²) in [5.74, 6) is -12.2. The number of hydroxylamine groups is 1. The van der Waals surface area contributed by atoms with Crippen molar-refractivity contribution >= 4 is 70.8 Å². The molecular formula is C57H98N4O22. The van der Waals surface area contributed by atoms with Crippen LogP contribution in [0.3, 0.4) is 0 Å². The van der Waals surface area contributed by atoms with Gasteiger partial charge in [-0.05, 0) is 58.3 Å². The Morgan fingerprint density at radius 1 is 0.422 bits per heavy atom. The highest BCUT2D eigenvalue weighted by atomic mass is 16.7. The number of hydrogen-bond donors (Lipinski definition) is 10. The largest absolute Gasteiger partial charge is 0.481 e. The molecule has 478 valence electrons. The predicted octanol–water partition coefficient (Wildman–Crippen LogP) is 5.11. The average Bonchev–Trinajstić information content (AvgIpc) is 3.46. The van der Waals surface area contributed by atoms with Gasteiger partial charge in [0, 0.05) is 71.9 Å². The topological polar surface area (TPSA) is 411 Å². The number of ketones is 3. The summed E-state index contributed by atoms with van der Waals surface area (Å²) < 4.78 is 15.9. The zero-order valence-corrected chi connectivity index (χ0v) is 48.8. The number of amides is 4. The zero-order valence-electron chi connectivity index (χ0n) is 48.8. The van der Waals surface area contributed by atoms with Crippen molar-refractivity contribution in [2.45, 2.75) is 218 Å². The maximum absolute atomic E-state index is 12.6. The molecule has 0 aromatic rings. The molecule has 0 fully saturated rings. The van der Waals surface area contributed by atoms with Crippen LogP contribution in [0.5, 0.6) is 0 Å². The molecular weight excluding hydrogens is 1090 g/mol. The monoisotopic (exact) mass is 1190 g/mol. The number of ether oxygens (including phenoxy) is 3. The first-order valence-corrected chi connectivity index (χ1v) is 29.4. The third kappa shape index (κ3) is 45.2. The molecule has 0 aliphatic rings. The minimum atomic E-state index is -1.47. The van der Waals surface area contributed by atoms with E-state index in [1.54, 1.807) is 6.92 Å². The summed E-state index contributed by atoms with van der Waals surface area (Å²) >= 11 is 0. The van der Waals surface area contributed by atoms with Crippen molar-refractivity contribution in [3.8, 4) is 0 Å². The molecule has 0 saturated heterocycles. The first-order chi connectivity index (χ1) is 39.5. The van der Waals surface area contributed by atoms with Crippen LogP contribution in [-0.2, 0) is 76.6 Å². The average molecular weight is 1190 g/mol. The summed E-state index contributed by atoms with van der Waals surface area (Å²) in [6.07, 6.45) is 13.6. The van der Waals surface area contributed by atoms with Gasteiger partial charge >= 0.3 is 29.8 Å². The molecule has 0 unspecified atom stereocenters. The number of hydrogen-bond acceptors (Lipinski definition) is 17. The van der Waals surface area contributed by atoms with Crippen LogP contribution in [0.1, 0.15) is 201 Å². The normalized spacial score (nSPS) is 13.3. The number of unbranched alkanes of at least 4 members (excludes halogenated alkanes) is 14. The number of aliphatic hydroxyl groups is 1. The van der Waals surface area contributed by atoms with Gasteiger partial charge in [-0.1, -0.05) is 90.4 Å². The highest BCUT2D eigenvalue weighted by molar-refractivity contribution is 5.88. The molecule has 26 nitrogen and oxygen atoms in total. The van der Waals surface area contributed by atoms with Crippen LogP contribution in [0.25, 0.3) is 0 Å². The Morgan fingerprint density at radius 3 is 1.49 bits per heavy atom. The maximum atomic E-state index is 12.6. The summed E-state index contributed by atoms with van der Waals surface area (Å²) in [6, 6.07) is -2.71. The van der Waals surface area contributed by atoms with E-state index in [1.165, 1.54) is 39.0 Å². The Bertz CT molecular complexity index is 1960. The Labute approximate surface area is 488 Å². The number of aliphatic carboxylic acids is 5. The van der Waals surface area contributed by atoms with E-state index in [1.807, 2.05) is 0 Å². The smallest absolute Gasteiger partial charge is 0.326 e. The molecule has 0 aromatic carbocycles. The lowest BCUT2D eigenvalue weighted by Crippen LogP contribution is -2.42. The molecule has 0 saturated carbocycles. The van der Waals surface area contributed by atoms with Crippen LogP contribution in [-0.4, -0.2) is 172 Å². The second-order valence-electron chi connectivity index (χ2n) is 21.0. The zero-order chi connectivity index (χ0) is 62.2. The third-order valence-corrected chi connectivity index (χ3v) is 13.6. The number of rotatable bonds is 58. The highest BCUT2D eigenvalue weighted by Crippen LogP contribution is 2.19. The van der Waals surface area contributed by atoms with E-state index in [2.05, 4.69) is 21.4 Å². The number of carboxylic acid groups (broad SMARTS) is 5. The van der Waals surface area contributed by atoms with Crippen molar-refractivity contribution in [1.82, 2.24) is 21.4 Å². The van der Waals surface area contributed by atoms with Gasteiger partial charge in [0.2, 0.25) is 23.6 Å². The van der Waals surface area contributed by atoms with Gasteiger partial charge in [-0.3, -0.25) is 52.8 Å². The fourth-order valence-electron chi connectivity index (χ4n) is 8.51. The van der Waals surface area contributed by atoms with Gasteiger partial charge in [0.1, 0.15) is 36.9 Å².